The minimum Gasteiger partial charge on any atom is -0.364 e. The Balaban J connectivity index is 1.22. The molecule has 6 nitrogen and oxygen atoms in total. The summed E-state index contributed by atoms with van der Waals surface area (Å²) in [5.41, 5.74) is 1.94. The number of benzene rings is 1. The number of anilines is 1. The van der Waals surface area contributed by atoms with E-state index in [4.69, 9.17) is 0 Å². The lowest BCUT2D eigenvalue weighted by molar-refractivity contribution is -0.132. The molecule has 1 saturated carbocycles. The van der Waals surface area contributed by atoms with Gasteiger partial charge in [-0.1, -0.05) is 18.2 Å². The number of fused-ring (bicyclic) bond motifs is 1. The van der Waals surface area contributed by atoms with Crippen LogP contribution in [-0.4, -0.2) is 59.6 Å². The number of amides is 1. The number of rotatable bonds is 5. The Morgan fingerprint density at radius 1 is 1.24 bits per heavy atom. The van der Waals surface area contributed by atoms with Crippen LogP contribution < -0.4 is 4.90 Å². The van der Waals surface area contributed by atoms with Gasteiger partial charge < -0.3 is 9.80 Å². The molecule has 150 valence electrons. The van der Waals surface area contributed by atoms with Crippen LogP contribution in [0.3, 0.4) is 0 Å². The Bertz CT molecular complexity index is 968. The molecule has 2 fully saturated rings. The highest BCUT2D eigenvalue weighted by molar-refractivity contribution is 5.87. The van der Waals surface area contributed by atoms with Gasteiger partial charge in [0.1, 0.15) is 11.9 Å². The molecule has 1 aliphatic carbocycles. The standard InChI is InChI=1S/C23H27N5O/c1-17-14-27(22(29)8-9-23(19-6-7-19)15-24-16-26-23)10-11-28(17)20-12-18-4-2-3-5-21(18)25-13-20/h2-5,12-13,15-17,19H,6-11,14H2,1H3/t17-,23?/m0/s1. The van der Waals surface area contributed by atoms with Gasteiger partial charge in [-0.25, -0.2) is 4.99 Å². The largest absolute Gasteiger partial charge is 0.364 e. The van der Waals surface area contributed by atoms with E-state index in [0.717, 1.165) is 42.6 Å². The number of nitrogens with zero attached hydrogens (tertiary/aromatic N) is 5. The molecule has 1 saturated heterocycles. The fourth-order valence-electron chi connectivity index (χ4n) is 4.71. The molecular weight excluding hydrogens is 362 g/mol. The summed E-state index contributed by atoms with van der Waals surface area (Å²) in [5.74, 6) is 0.817. The van der Waals surface area contributed by atoms with Crippen molar-refractivity contribution in [1.29, 1.82) is 0 Å². The van der Waals surface area contributed by atoms with Crippen molar-refractivity contribution in [3.8, 4) is 0 Å². The summed E-state index contributed by atoms with van der Waals surface area (Å²) >= 11 is 0. The number of para-hydroxylation sites is 1. The van der Waals surface area contributed by atoms with Gasteiger partial charge in [-0.15, -0.1) is 0 Å². The van der Waals surface area contributed by atoms with E-state index in [1.54, 1.807) is 6.34 Å². The number of carbonyl (C=O) groups is 1. The summed E-state index contributed by atoms with van der Waals surface area (Å²) in [4.78, 5) is 30.7. The quantitative estimate of drug-likeness (QED) is 0.788. The maximum atomic E-state index is 12.9. The van der Waals surface area contributed by atoms with Crippen LogP contribution in [0.4, 0.5) is 5.69 Å². The van der Waals surface area contributed by atoms with Crippen LogP contribution in [0, 0.1) is 5.92 Å². The number of hydrogen-bond donors (Lipinski definition) is 0. The Morgan fingerprint density at radius 3 is 2.86 bits per heavy atom. The van der Waals surface area contributed by atoms with Gasteiger partial charge in [0.15, 0.2) is 0 Å². The smallest absolute Gasteiger partial charge is 0.222 e. The van der Waals surface area contributed by atoms with Crippen LogP contribution in [0.5, 0.6) is 0 Å². The molecule has 1 unspecified atom stereocenters. The number of hydrogen-bond acceptors (Lipinski definition) is 5. The molecule has 29 heavy (non-hydrogen) atoms. The van der Waals surface area contributed by atoms with Crippen molar-refractivity contribution in [2.24, 2.45) is 15.9 Å². The molecule has 0 N–H and O–H groups in total. The van der Waals surface area contributed by atoms with Crippen LogP contribution in [0.1, 0.15) is 32.6 Å². The predicted molar refractivity (Wildman–Crippen MR) is 117 cm³/mol. The third-order valence-electron chi connectivity index (χ3n) is 6.57. The van der Waals surface area contributed by atoms with E-state index >= 15 is 0 Å². The number of pyridine rings is 1. The predicted octanol–water partition coefficient (Wildman–Crippen LogP) is 3.31. The second-order valence-corrected chi connectivity index (χ2v) is 8.56. The van der Waals surface area contributed by atoms with E-state index in [9.17, 15) is 4.79 Å². The Kier molecular flexibility index (Phi) is 4.57. The number of piperazine rings is 1. The van der Waals surface area contributed by atoms with Gasteiger partial charge in [0.05, 0.1) is 17.4 Å². The van der Waals surface area contributed by atoms with Gasteiger partial charge in [0.25, 0.3) is 0 Å². The molecule has 2 aromatic rings. The van der Waals surface area contributed by atoms with Gasteiger partial charge in [-0.05, 0) is 44.2 Å². The molecule has 6 heteroatoms. The molecule has 1 amide bonds. The zero-order chi connectivity index (χ0) is 19.8. The normalized spacial score (nSPS) is 26.4. The number of aliphatic imine (C=N–C) groups is 2. The minimum atomic E-state index is -0.208. The average Bonchev–Trinajstić information content (AvgIpc) is 3.50. The summed E-state index contributed by atoms with van der Waals surface area (Å²) in [5, 5.41) is 1.15. The van der Waals surface area contributed by atoms with E-state index in [0.29, 0.717) is 12.3 Å². The Labute approximate surface area is 171 Å². The van der Waals surface area contributed by atoms with Crippen LogP contribution >= 0.6 is 0 Å². The lowest BCUT2D eigenvalue weighted by atomic mass is 9.90. The van der Waals surface area contributed by atoms with Crippen molar-refractivity contribution in [3.05, 3.63) is 36.5 Å². The third-order valence-corrected chi connectivity index (χ3v) is 6.57. The number of aromatic nitrogens is 1. The fraction of sp³-hybridized carbons (Fsp3) is 0.478. The van der Waals surface area contributed by atoms with Gasteiger partial charge in [-0.2, -0.15) is 0 Å². The van der Waals surface area contributed by atoms with E-state index < -0.39 is 0 Å². The van der Waals surface area contributed by atoms with Crippen LogP contribution in [0.15, 0.2) is 46.5 Å². The van der Waals surface area contributed by atoms with E-state index in [-0.39, 0.29) is 17.5 Å². The maximum absolute atomic E-state index is 12.9. The second kappa shape index (κ2) is 7.25. The van der Waals surface area contributed by atoms with Crippen LogP contribution in [0.2, 0.25) is 0 Å². The van der Waals surface area contributed by atoms with Crippen molar-refractivity contribution >= 4 is 35.1 Å². The SMILES string of the molecule is C[C@H]1CN(C(=O)CCC2(C3CC3)C=NC=N2)CCN1c1cnc2ccccc2c1. The molecule has 1 aromatic heterocycles. The topological polar surface area (TPSA) is 61.2 Å². The third kappa shape index (κ3) is 3.52. The zero-order valence-electron chi connectivity index (χ0n) is 16.9. The van der Waals surface area contributed by atoms with Crippen molar-refractivity contribution in [3.63, 3.8) is 0 Å². The first-order chi connectivity index (χ1) is 14.1. The summed E-state index contributed by atoms with van der Waals surface area (Å²) in [7, 11) is 0. The highest BCUT2D eigenvalue weighted by Gasteiger charge is 2.45. The highest BCUT2D eigenvalue weighted by atomic mass is 16.2. The van der Waals surface area contributed by atoms with Crippen LogP contribution in [0.25, 0.3) is 10.9 Å². The number of carbonyl (C=O) groups excluding carboxylic acids is 1. The lowest BCUT2D eigenvalue weighted by Crippen LogP contribution is -2.54. The molecular formula is C23H27N5O. The maximum Gasteiger partial charge on any atom is 0.222 e. The molecule has 0 radical (unpaired) electrons. The Morgan fingerprint density at radius 2 is 2.10 bits per heavy atom. The van der Waals surface area contributed by atoms with E-state index in [1.807, 2.05) is 35.5 Å². The minimum absolute atomic E-state index is 0.208. The molecule has 2 aliphatic heterocycles. The van der Waals surface area contributed by atoms with Crippen molar-refractivity contribution in [2.75, 3.05) is 24.5 Å². The first-order valence-corrected chi connectivity index (χ1v) is 10.6. The van der Waals surface area contributed by atoms with Gasteiger partial charge in [0.2, 0.25) is 5.91 Å². The van der Waals surface area contributed by atoms with Gasteiger partial charge >= 0.3 is 0 Å². The summed E-state index contributed by atoms with van der Waals surface area (Å²) in [6, 6.07) is 10.7. The molecule has 5 rings (SSSR count). The molecule has 0 spiro atoms. The summed E-state index contributed by atoms with van der Waals surface area (Å²) < 4.78 is 0. The van der Waals surface area contributed by atoms with Crippen LogP contribution in [-0.2, 0) is 4.79 Å². The zero-order valence-corrected chi connectivity index (χ0v) is 16.9. The lowest BCUT2D eigenvalue weighted by Gasteiger charge is -2.41. The Hall–Kier alpha value is -2.76. The molecule has 2 atom stereocenters. The first-order valence-electron chi connectivity index (χ1n) is 10.6. The molecule has 3 heterocycles. The molecule has 1 aromatic carbocycles. The van der Waals surface area contributed by atoms with Crippen molar-refractivity contribution < 1.29 is 4.79 Å². The summed E-state index contributed by atoms with van der Waals surface area (Å²) in [6.45, 7) is 4.53. The van der Waals surface area contributed by atoms with E-state index in [1.165, 1.54) is 12.8 Å². The molecule has 3 aliphatic rings. The fourth-order valence-corrected chi connectivity index (χ4v) is 4.71. The van der Waals surface area contributed by atoms with Crippen molar-refractivity contribution in [1.82, 2.24) is 9.88 Å². The average molecular weight is 390 g/mol. The van der Waals surface area contributed by atoms with Crippen molar-refractivity contribution in [2.45, 2.75) is 44.2 Å². The van der Waals surface area contributed by atoms with Gasteiger partial charge in [0, 0.05) is 43.7 Å². The summed E-state index contributed by atoms with van der Waals surface area (Å²) in [6.07, 6.45) is 9.30. The monoisotopic (exact) mass is 389 g/mol. The van der Waals surface area contributed by atoms with E-state index in [2.05, 4.69) is 38.9 Å². The van der Waals surface area contributed by atoms with Gasteiger partial charge in [-0.3, -0.25) is 14.8 Å². The second-order valence-electron chi connectivity index (χ2n) is 8.56. The highest BCUT2D eigenvalue weighted by Crippen LogP contribution is 2.44. The first kappa shape index (κ1) is 18.3. The molecule has 0 bridgehead atoms.